The van der Waals surface area contributed by atoms with E-state index in [0.717, 1.165) is 18.8 Å². The summed E-state index contributed by atoms with van der Waals surface area (Å²) >= 11 is 6.09. The van der Waals surface area contributed by atoms with E-state index < -0.39 is 0 Å². The zero-order valence-corrected chi connectivity index (χ0v) is 13.5. The summed E-state index contributed by atoms with van der Waals surface area (Å²) in [6.07, 6.45) is 8.19. The van der Waals surface area contributed by atoms with Gasteiger partial charge < -0.3 is 11.1 Å². The summed E-state index contributed by atoms with van der Waals surface area (Å²) < 4.78 is 0. The summed E-state index contributed by atoms with van der Waals surface area (Å²) in [6.45, 7) is 2.23. The molecule has 1 aromatic rings. The summed E-state index contributed by atoms with van der Waals surface area (Å²) in [5.41, 5.74) is 6.97. The highest BCUT2D eigenvalue weighted by Crippen LogP contribution is 2.33. The molecule has 0 saturated heterocycles. The Morgan fingerprint density at radius 2 is 2.05 bits per heavy atom. The minimum absolute atomic E-state index is 0.0800. The molecule has 0 unspecified atom stereocenters. The van der Waals surface area contributed by atoms with Crippen molar-refractivity contribution >= 4 is 28.9 Å². The van der Waals surface area contributed by atoms with Crippen molar-refractivity contribution < 1.29 is 4.79 Å². The Hall–Kier alpha value is -1.22. The van der Waals surface area contributed by atoms with Crippen LogP contribution in [0.25, 0.3) is 0 Å². The second kappa shape index (κ2) is 7.69. The molecule has 1 aliphatic carbocycles. The van der Waals surface area contributed by atoms with Crippen molar-refractivity contribution in [2.75, 3.05) is 11.1 Å². The first kappa shape index (κ1) is 16.2. The van der Waals surface area contributed by atoms with Crippen LogP contribution in [0.2, 0.25) is 5.02 Å². The van der Waals surface area contributed by atoms with Gasteiger partial charge in [0.15, 0.2) is 0 Å². The van der Waals surface area contributed by atoms with Gasteiger partial charge in [0.25, 0.3) is 0 Å². The minimum atomic E-state index is 0.0800. The Bertz CT molecular complexity index is 482. The highest BCUT2D eigenvalue weighted by molar-refractivity contribution is 6.33. The molecule has 0 spiro atoms. The molecule has 21 heavy (non-hydrogen) atoms. The number of nitrogens with two attached hydrogens (primary N) is 1. The Kier molecular flexibility index (Phi) is 5.92. The van der Waals surface area contributed by atoms with E-state index in [1.54, 1.807) is 18.2 Å². The molecule has 0 bridgehead atoms. The van der Waals surface area contributed by atoms with Gasteiger partial charge in [0.2, 0.25) is 5.91 Å². The van der Waals surface area contributed by atoms with Gasteiger partial charge in [-0.3, -0.25) is 4.79 Å². The molecule has 116 valence electrons. The lowest BCUT2D eigenvalue weighted by Gasteiger charge is -2.27. The second-order valence-electron chi connectivity index (χ2n) is 6.09. The maximum Gasteiger partial charge on any atom is 0.227 e. The average molecular weight is 309 g/mol. The summed E-state index contributed by atoms with van der Waals surface area (Å²) in [4.78, 5) is 12.3. The second-order valence-corrected chi connectivity index (χ2v) is 6.50. The molecule has 3 N–H and O–H groups in total. The van der Waals surface area contributed by atoms with Gasteiger partial charge >= 0.3 is 0 Å². The highest BCUT2D eigenvalue weighted by Gasteiger charge is 2.26. The van der Waals surface area contributed by atoms with Crippen molar-refractivity contribution in [1.82, 2.24) is 0 Å². The molecule has 1 amide bonds. The third kappa shape index (κ3) is 4.63. The van der Waals surface area contributed by atoms with Crippen LogP contribution in [0.1, 0.15) is 51.9 Å². The number of hydrogen-bond donors (Lipinski definition) is 2. The maximum atomic E-state index is 12.3. The lowest BCUT2D eigenvalue weighted by molar-refractivity contribution is -0.121. The van der Waals surface area contributed by atoms with Crippen LogP contribution in [0, 0.1) is 11.8 Å². The van der Waals surface area contributed by atoms with Crippen LogP contribution in [0.3, 0.4) is 0 Å². The van der Waals surface area contributed by atoms with Gasteiger partial charge in [0.1, 0.15) is 0 Å². The molecule has 0 heterocycles. The van der Waals surface area contributed by atoms with E-state index in [1.165, 1.54) is 32.1 Å². The van der Waals surface area contributed by atoms with E-state index in [9.17, 15) is 4.79 Å². The fourth-order valence-corrected chi connectivity index (χ4v) is 3.24. The lowest BCUT2D eigenvalue weighted by Crippen LogP contribution is -2.27. The van der Waals surface area contributed by atoms with Crippen LogP contribution in [-0.4, -0.2) is 5.91 Å². The SMILES string of the molecule is CCCCC1CCC(C(=O)Nc2cc(N)ccc2Cl)CC1. The van der Waals surface area contributed by atoms with Gasteiger partial charge in [-0.05, 0) is 49.8 Å². The highest BCUT2D eigenvalue weighted by atomic mass is 35.5. The number of unbranched alkanes of at least 4 members (excludes halogenated alkanes) is 1. The molecule has 0 aliphatic heterocycles. The van der Waals surface area contributed by atoms with Gasteiger partial charge in [-0.2, -0.15) is 0 Å². The average Bonchev–Trinajstić information content (AvgIpc) is 2.49. The third-order valence-electron chi connectivity index (χ3n) is 4.43. The number of benzene rings is 1. The molecular weight excluding hydrogens is 284 g/mol. The molecule has 0 aromatic heterocycles. The van der Waals surface area contributed by atoms with Gasteiger partial charge in [0.05, 0.1) is 10.7 Å². The van der Waals surface area contributed by atoms with Crippen molar-refractivity contribution in [3.05, 3.63) is 23.2 Å². The summed E-state index contributed by atoms with van der Waals surface area (Å²) in [7, 11) is 0. The smallest absolute Gasteiger partial charge is 0.227 e. The molecule has 2 rings (SSSR count). The third-order valence-corrected chi connectivity index (χ3v) is 4.76. The van der Waals surface area contributed by atoms with Crippen molar-refractivity contribution in [3.63, 3.8) is 0 Å². The molecular formula is C17H25ClN2O. The van der Waals surface area contributed by atoms with Crippen LogP contribution >= 0.6 is 11.6 Å². The number of halogens is 1. The number of carbonyl (C=O) groups excluding carboxylic acids is 1. The number of rotatable bonds is 5. The topological polar surface area (TPSA) is 55.1 Å². The zero-order valence-electron chi connectivity index (χ0n) is 12.7. The quantitative estimate of drug-likeness (QED) is 0.763. The molecule has 1 fully saturated rings. The van der Waals surface area contributed by atoms with Crippen molar-refractivity contribution in [2.45, 2.75) is 51.9 Å². The standard InChI is InChI=1S/C17H25ClN2O/c1-2-3-4-12-5-7-13(8-6-12)17(21)20-16-11-14(19)9-10-15(16)18/h9-13H,2-8,19H2,1H3,(H,20,21). The number of anilines is 2. The van der Waals surface area contributed by atoms with Crippen molar-refractivity contribution in [2.24, 2.45) is 11.8 Å². The summed E-state index contributed by atoms with van der Waals surface area (Å²) in [5, 5.41) is 3.46. The maximum absolute atomic E-state index is 12.3. The molecule has 1 aliphatic rings. The molecule has 1 saturated carbocycles. The molecule has 0 atom stereocenters. The largest absolute Gasteiger partial charge is 0.399 e. The monoisotopic (exact) mass is 308 g/mol. The zero-order chi connectivity index (χ0) is 15.2. The minimum Gasteiger partial charge on any atom is -0.399 e. The molecule has 3 nitrogen and oxygen atoms in total. The number of carbonyl (C=O) groups is 1. The first-order valence-corrected chi connectivity index (χ1v) is 8.33. The van der Waals surface area contributed by atoms with Gasteiger partial charge in [-0.1, -0.05) is 37.8 Å². The first-order chi connectivity index (χ1) is 10.1. The predicted octanol–water partition coefficient (Wildman–Crippen LogP) is 4.86. The van der Waals surface area contributed by atoms with Crippen molar-refractivity contribution in [3.8, 4) is 0 Å². The first-order valence-electron chi connectivity index (χ1n) is 7.96. The van der Waals surface area contributed by atoms with E-state index in [4.69, 9.17) is 17.3 Å². The fourth-order valence-electron chi connectivity index (χ4n) is 3.08. The normalized spacial score (nSPS) is 22.0. The van der Waals surface area contributed by atoms with Gasteiger partial charge in [-0.25, -0.2) is 0 Å². The van der Waals surface area contributed by atoms with E-state index in [-0.39, 0.29) is 11.8 Å². The predicted molar refractivity (Wildman–Crippen MR) is 89.5 cm³/mol. The van der Waals surface area contributed by atoms with Crippen LogP contribution < -0.4 is 11.1 Å². The van der Waals surface area contributed by atoms with Crippen LogP contribution in [-0.2, 0) is 4.79 Å². The number of nitrogens with one attached hydrogen (secondary N) is 1. The van der Waals surface area contributed by atoms with E-state index in [0.29, 0.717) is 16.4 Å². The van der Waals surface area contributed by atoms with Gasteiger partial charge in [-0.15, -0.1) is 0 Å². The Morgan fingerprint density at radius 3 is 2.71 bits per heavy atom. The fraction of sp³-hybridized carbons (Fsp3) is 0.588. The van der Waals surface area contributed by atoms with Gasteiger partial charge in [0, 0.05) is 11.6 Å². The number of nitrogen functional groups attached to an aromatic ring is 1. The molecule has 0 radical (unpaired) electrons. The Balaban J connectivity index is 1.86. The van der Waals surface area contributed by atoms with Crippen LogP contribution in [0.15, 0.2) is 18.2 Å². The van der Waals surface area contributed by atoms with Crippen molar-refractivity contribution in [1.29, 1.82) is 0 Å². The number of amides is 1. The van der Waals surface area contributed by atoms with E-state index >= 15 is 0 Å². The Morgan fingerprint density at radius 1 is 1.33 bits per heavy atom. The summed E-state index contributed by atoms with van der Waals surface area (Å²) in [5.74, 6) is 1.00. The molecule has 1 aromatic carbocycles. The van der Waals surface area contributed by atoms with Crippen LogP contribution in [0.4, 0.5) is 11.4 Å². The van der Waals surface area contributed by atoms with Crippen LogP contribution in [0.5, 0.6) is 0 Å². The Labute approximate surface area is 132 Å². The molecule has 4 heteroatoms. The summed E-state index contributed by atoms with van der Waals surface area (Å²) in [6, 6.07) is 5.16. The number of hydrogen-bond acceptors (Lipinski definition) is 2. The van der Waals surface area contributed by atoms with E-state index in [1.807, 2.05) is 0 Å². The van der Waals surface area contributed by atoms with E-state index in [2.05, 4.69) is 12.2 Å². The lowest BCUT2D eigenvalue weighted by atomic mass is 9.79.